The Hall–Kier alpha value is -4.10. The Balaban J connectivity index is 1.64. The zero-order chi connectivity index (χ0) is 23.6. The number of anilines is 1. The van der Waals surface area contributed by atoms with Crippen LogP contribution in [-0.4, -0.2) is 42.5 Å². The second kappa shape index (κ2) is 8.80. The predicted octanol–water partition coefficient (Wildman–Crippen LogP) is 3.77. The zero-order valence-electron chi connectivity index (χ0n) is 17.7. The van der Waals surface area contributed by atoms with Crippen LogP contribution in [0.5, 0.6) is 11.5 Å². The van der Waals surface area contributed by atoms with Crippen molar-refractivity contribution in [1.29, 1.82) is 5.26 Å². The van der Waals surface area contributed by atoms with Crippen molar-refractivity contribution in [2.75, 3.05) is 19.5 Å². The molecule has 9 nitrogen and oxygen atoms in total. The van der Waals surface area contributed by atoms with E-state index in [4.69, 9.17) is 14.3 Å². The summed E-state index contributed by atoms with van der Waals surface area (Å²) in [6.45, 7) is 0. The van der Waals surface area contributed by atoms with Gasteiger partial charge in [-0.05, 0) is 24.3 Å². The molecule has 0 spiro atoms. The summed E-state index contributed by atoms with van der Waals surface area (Å²) in [5.74, 6) is -0.927. The number of carboxylic acids is 1. The second-order valence-corrected chi connectivity index (χ2v) is 8.36. The SMILES string of the molecule is COc1ccc(C2=NOC(CC(=O)O)(C(=O)Nc3sc4ccccc4c3C#N)C2)cc1OC. The highest BCUT2D eigenvalue weighted by atomic mass is 32.1. The Labute approximate surface area is 192 Å². The first-order valence-electron chi connectivity index (χ1n) is 9.83. The van der Waals surface area contributed by atoms with Crippen molar-refractivity contribution in [3.8, 4) is 17.6 Å². The quantitative estimate of drug-likeness (QED) is 0.543. The summed E-state index contributed by atoms with van der Waals surface area (Å²) >= 11 is 1.23. The van der Waals surface area contributed by atoms with Gasteiger partial charge in [0.25, 0.3) is 5.91 Å². The van der Waals surface area contributed by atoms with Gasteiger partial charge in [-0.2, -0.15) is 5.26 Å². The monoisotopic (exact) mass is 465 g/mol. The van der Waals surface area contributed by atoms with Crippen LogP contribution in [0.2, 0.25) is 0 Å². The molecule has 2 heterocycles. The molecule has 0 fully saturated rings. The molecule has 10 heteroatoms. The van der Waals surface area contributed by atoms with Crippen LogP contribution in [0.25, 0.3) is 10.1 Å². The first kappa shape index (κ1) is 22.1. The topological polar surface area (TPSA) is 130 Å². The molecule has 0 saturated heterocycles. The number of rotatable bonds is 7. The standard InChI is InChI=1S/C23H19N3O6S/c1-30-17-8-7-13(9-18(17)31-2)16-10-23(32-26-16,11-20(27)28)22(29)25-21-15(12-24)14-5-3-4-6-19(14)33-21/h3-9H,10-11H2,1-2H3,(H,25,29)(H,27,28). The molecule has 2 aromatic carbocycles. The number of methoxy groups -OCH3 is 2. The van der Waals surface area contributed by atoms with Crippen molar-refractivity contribution < 1.29 is 29.0 Å². The number of nitrogens with zero attached hydrogens (tertiary/aromatic N) is 2. The number of amides is 1. The molecule has 2 N–H and O–H groups in total. The van der Waals surface area contributed by atoms with Crippen LogP contribution in [0.1, 0.15) is 24.0 Å². The average Bonchev–Trinajstić information content (AvgIpc) is 3.39. The minimum atomic E-state index is -1.77. The molecule has 33 heavy (non-hydrogen) atoms. The van der Waals surface area contributed by atoms with Gasteiger partial charge in [-0.25, -0.2) is 0 Å². The molecule has 0 bridgehead atoms. The van der Waals surface area contributed by atoms with Gasteiger partial charge in [0, 0.05) is 22.1 Å². The number of aliphatic carboxylic acids is 1. The summed E-state index contributed by atoms with van der Waals surface area (Å²) in [5.41, 5.74) is -0.457. The molecule has 1 aliphatic heterocycles. The van der Waals surface area contributed by atoms with Gasteiger partial charge in [0.05, 0.1) is 31.9 Å². The van der Waals surface area contributed by atoms with E-state index in [1.807, 2.05) is 12.1 Å². The van der Waals surface area contributed by atoms with Crippen LogP contribution >= 0.6 is 11.3 Å². The van der Waals surface area contributed by atoms with Crippen molar-refractivity contribution in [3.05, 3.63) is 53.6 Å². The van der Waals surface area contributed by atoms with E-state index in [-0.39, 0.29) is 6.42 Å². The first-order valence-corrected chi connectivity index (χ1v) is 10.6. The normalized spacial score (nSPS) is 17.1. The Morgan fingerprint density at radius 2 is 2.00 bits per heavy atom. The van der Waals surface area contributed by atoms with E-state index in [9.17, 15) is 20.0 Å². The number of carboxylic acid groups (broad SMARTS) is 1. The number of nitrogens with one attached hydrogen (secondary N) is 1. The minimum Gasteiger partial charge on any atom is -0.493 e. The zero-order valence-corrected chi connectivity index (χ0v) is 18.6. The molecule has 1 aromatic heterocycles. The van der Waals surface area contributed by atoms with Crippen LogP contribution in [0.3, 0.4) is 0 Å². The Bertz CT molecular complexity index is 1330. The third-order valence-electron chi connectivity index (χ3n) is 5.29. The largest absolute Gasteiger partial charge is 0.493 e. The van der Waals surface area contributed by atoms with Crippen molar-refractivity contribution in [3.63, 3.8) is 0 Å². The van der Waals surface area contributed by atoms with Gasteiger partial charge in [0.15, 0.2) is 11.5 Å². The number of fused-ring (bicyclic) bond motifs is 1. The van der Waals surface area contributed by atoms with Crippen molar-refractivity contribution in [1.82, 2.24) is 0 Å². The molecule has 4 rings (SSSR count). The van der Waals surface area contributed by atoms with E-state index in [2.05, 4.69) is 16.5 Å². The van der Waals surface area contributed by atoms with Crippen LogP contribution < -0.4 is 14.8 Å². The maximum Gasteiger partial charge on any atom is 0.308 e. The summed E-state index contributed by atoms with van der Waals surface area (Å²) in [4.78, 5) is 30.4. The number of ether oxygens (including phenoxy) is 2. The van der Waals surface area contributed by atoms with Crippen LogP contribution in [0.4, 0.5) is 5.00 Å². The lowest BCUT2D eigenvalue weighted by atomic mass is 9.90. The van der Waals surface area contributed by atoms with Crippen LogP contribution in [0.15, 0.2) is 47.6 Å². The lowest BCUT2D eigenvalue weighted by Crippen LogP contribution is -2.45. The highest BCUT2D eigenvalue weighted by molar-refractivity contribution is 7.23. The average molecular weight is 465 g/mol. The van der Waals surface area contributed by atoms with Gasteiger partial charge >= 0.3 is 5.97 Å². The maximum atomic E-state index is 13.3. The number of hydrogen-bond acceptors (Lipinski definition) is 8. The Kier molecular flexibility index (Phi) is 5.89. The number of thiophene rings is 1. The van der Waals surface area contributed by atoms with Crippen molar-refractivity contribution in [2.45, 2.75) is 18.4 Å². The third kappa shape index (κ3) is 4.06. The lowest BCUT2D eigenvalue weighted by molar-refractivity contribution is -0.152. The van der Waals surface area contributed by atoms with Crippen LogP contribution in [0, 0.1) is 11.3 Å². The summed E-state index contributed by atoms with van der Waals surface area (Å²) in [5, 5.41) is 26.9. The van der Waals surface area contributed by atoms with Crippen molar-refractivity contribution in [2.24, 2.45) is 5.16 Å². The molecule has 0 aliphatic carbocycles. The lowest BCUT2D eigenvalue weighted by Gasteiger charge is -2.23. The van der Waals surface area contributed by atoms with Gasteiger partial charge in [0.1, 0.15) is 11.1 Å². The highest BCUT2D eigenvalue weighted by Gasteiger charge is 2.49. The van der Waals surface area contributed by atoms with E-state index in [0.717, 1.165) is 4.70 Å². The minimum absolute atomic E-state index is 0.0760. The molecule has 1 aliphatic rings. The Morgan fingerprint density at radius 1 is 1.24 bits per heavy atom. The van der Waals surface area contributed by atoms with Gasteiger partial charge in [-0.3, -0.25) is 9.59 Å². The van der Waals surface area contributed by atoms with E-state index in [1.165, 1.54) is 25.6 Å². The number of carbonyl (C=O) groups excluding carboxylic acids is 1. The fourth-order valence-corrected chi connectivity index (χ4v) is 4.70. The molecule has 168 valence electrons. The summed E-state index contributed by atoms with van der Waals surface area (Å²) in [7, 11) is 3.01. The van der Waals surface area contributed by atoms with Gasteiger partial charge in [0.2, 0.25) is 5.60 Å². The van der Waals surface area contributed by atoms with Gasteiger partial charge in [-0.15, -0.1) is 11.3 Å². The number of oxime groups is 1. The van der Waals surface area contributed by atoms with E-state index >= 15 is 0 Å². The summed E-state index contributed by atoms with van der Waals surface area (Å²) < 4.78 is 11.4. The molecule has 0 radical (unpaired) electrons. The molecule has 1 amide bonds. The van der Waals surface area contributed by atoms with E-state index in [0.29, 0.717) is 38.7 Å². The maximum absolute atomic E-state index is 13.3. The van der Waals surface area contributed by atoms with Gasteiger partial charge in [-0.1, -0.05) is 23.4 Å². The number of nitriles is 1. The first-order chi connectivity index (χ1) is 15.9. The number of benzene rings is 2. The van der Waals surface area contributed by atoms with E-state index in [1.54, 1.807) is 30.3 Å². The summed E-state index contributed by atoms with van der Waals surface area (Å²) in [6, 6.07) is 14.5. The van der Waals surface area contributed by atoms with Crippen molar-refractivity contribution >= 4 is 44.0 Å². The molecular formula is C23H19N3O6S. The molecule has 3 aromatic rings. The molecular weight excluding hydrogens is 446 g/mol. The van der Waals surface area contributed by atoms with Gasteiger partial charge < -0.3 is 24.7 Å². The van der Waals surface area contributed by atoms with E-state index < -0.39 is 23.9 Å². The number of hydrogen-bond donors (Lipinski definition) is 2. The Morgan fingerprint density at radius 3 is 2.70 bits per heavy atom. The fraction of sp³-hybridized carbons (Fsp3) is 0.217. The smallest absolute Gasteiger partial charge is 0.308 e. The highest BCUT2D eigenvalue weighted by Crippen LogP contribution is 2.38. The number of carbonyl (C=O) groups is 2. The second-order valence-electron chi connectivity index (χ2n) is 7.31. The third-order valence-corrected chi connectivity index (χ3v) is 6.37. The molecule has 1 atom stereocenters. The molecule has 0 saturated carbocycles. The summed E-state index contributed by atoms with van der Waals surface area (Å²) in [6.07, 6.45) is -0.681. The predicted molar refractivity (Wildman–Crippen MR) is 122 cm³/mol. The molecule has 1 unspecified atom stereocenters. The van der Waals surface area contributed by atoms with Crippen LogP contribution in [-0.2, 0) is 14.4 Å². The fourth-order valence-electron chi connectivity index (χ4n) is 3.65.